The summed E-state index contributed by atoms with van der Waals surface area (Å²) in [5.41, 5.74) is 0. The molecule has 0 saturated heterocycles. The largest absolute Gasteiger partial charge is 0.462 e. The summed E-state index contributed by atoms with van der Waals surface area (Å²) in [7, 11) is 0. The highest BCUT2D eigenvalue weighted by atomic mass is 16.5. The van der Waals surface area contributed by atoms with E-state index < -0.39 is 18.2 Å². The summed E-state index contributed by atoms with van der Waals surface area (Å²) in [6.07, 6.45) is 43.1. The van der Waals surface area contributed by atoms with Crippen LogP contribution in [0.3, 0.4) is 0 Å². The first-order valence-electron chi connectivity index (χ1n) is 23.8. The zero-order valence-corrected chi connectivity index (χ0v) is 35.9. The number of esters is 1. The molecule has 3 atom stereocenters. The van der Waals surface area contributed by atoms with Crippen molar-refractivity contribution in [2.24, 2.45) is 0 Å². The van der Waals surface area contributed by atoms with Crippen molar-refractivity contribution in [3.05, 3.63) is 0 Å². The number of carbonyl (C=O) groups is 2. The van der Waals surface area contributed by atoms with Crippen molar-refractivity contribution >= 4 is 11.9 Å². The predicted octanol–water partition coefficient (Wildman–Crippen LogP) is 13.6. The number of amides is 1. The van der Waals surface area contributed by atoms with E-state index in [1.165, 1.54) is 173 Å². The summed E-state index contributed by atoms with van der Waals surface area (Å²) >= 11 is 0. The molecule has 3 N–H and O–H groups in total. The van der Waals surface area contributed by atoms with Crippen LogP contribution in [0.1, 0.15) is 265 Å². The van der Waals surface area contributed by atoms with E-state index in [0.29, 0.717) is 19.3 Å². The van der Waals surface area contributed by atoms with Crippen molar-refractivity contribution in [3.63, 3.8) is 0 Å². The monoisotopic (exact) mass is 752 g/mol. The highest BCUT2D eigenvalue weighted by Crippen LogP contribution is 2.18. The van der Waals surface area contributed by atoms with Crippen molar-refractivity contribution in [1.82, 2.24) is 5.32 Å². The minimum atomic E-state index is -0.777. The van der Waals surface area contributed by atoms with Gasteiger partial charge in [-0.2, -0.15) is 0 Å². The molecule has 0 fully saturated rings. The fraction of sp³-hybridized carbons (Fsp3) is 0.957. The van der Waals surface area contributed by atoms with Gasteiger partial charge in [0.2, 0.25) is 5.91 Å². The smallest absolute Gasteiger partial charge is 0.306 e. The molecule has 0 aromatic rings. The van der Waals surface area contributed by atoms with Gasteiger partial charge < -0.3 is 20.3 Å². The fourth-order valence-corrected chi connectivity index (χ4v) is 7.55. The number of hydrogen-bond donors (Lipinski definition) is 3. The molecular formula is C47H93NO5. The lowest BCUT2D eigenvalue weighted by molar-refractivity contribution is -0.151. The van der Waals surface area contributed by atoms with Crippen LogP contribution in [0.5, 0.6) is 0 Å². The van der Waals surface area contributed by atoms with Crippen molar-refractivity contribution in [2.75, 3.05) is 6.61 Å². The molecule has 0 rings (SSSR count). The molecule has 53 heavy (non-hydrogen) atoms. The van der Waals surface area contributed by atoms with Crippen LogP contribution in [0.2, 0.25) is 0 Å². The molecule has 6 nitrogen and oxygen atoms in total. The van der Waals surface area contributed by atoms with Gasteiger partial charge >= 0.3 is 5.97 Å². The maximum absolute atomic E-state index is 13.1. The highest BCUT2D eigenvalue weighted by Gasteiger charge is 2.24. The standard InChI is InChI=1S/C47H93NO5/c1-4-7-10-13-16-19-21-23-24-25-27-30-33-36-39-45(50)44(42-49)48-46(51)41-43(38-35-32-29-18-15-12-9-6-3)53-47(52)40-37-34-31-28-26-22-20-17-14-11-8-5-2/h43-45,49-50H,4-42H2,1-3H3,(H,48,51). The molecule has 0 saturated carbocycles. The van der Waals surface area contributed by atoms with E-state index in [2.05, 4.69) is 26.1 Å². The third kappa shape index (κ3) is 37.6. The molecule has 0 aliphatic rings. The Kier molecular flexibility index (Phi) is 41.1. The second-order valence-corrected chi connectivity index (χ2v) is 16.5. The number of aliphatic hydroxyl groups excluding tert-OH is 2. The molecule has 0 radical (unpaired) electrons. The molecule has 3 unspecified atom stereocenters. The van der Waals surface area contributed by atoms with Crippen molar-refractivity contribution in [3.8, 4) is 0 Å². The van der Waals surface area contributed by atoms with E-state index in [4.69, 9.17) is 4.74 Å². The van der Waals surface area contributed by atoms with Crippen molar-refractivity contribution < 1.29 is 24.5 Å². The first-order valence-corrected chi connectivity index (χ1v) is 23.8. The lowest BCUT2D eigenvalue weighted by Gasteiger charge is -2.24. The zero-order valence-electron chi connectivity index (χ0n) is 35.9. The van der Waals surface area contributed by atoms with Crippen LogP contribution < -0.4 is 5.32 Å². The Balaban J connectivity index is 4.41. The molecule has 316 valence electrons. The average Bonchev–Trinajstić information content (AvgIpc) is 3.15. The normalized spacial score (nSPS) is 13.2. The minimum absolute atomic E-state index is 0.0861. The first kappa shape index (κ1) is 51.9. The maximum atomic E-state index is 13.1. The highest BCUT2D eigenvalue weighted by molar-refractivity contribution is 5.77. The second-order valence-electron chi connectivity index (χ2n) is 16.5. The molecule has 0 aromatic heterocycles. The molecule has 0 heterocycles. The van der Waals surface area contributed by atoms with Crippen LogP contribution in [0.15, 0.2) is 0 Å². The number of unbranched alkanes of at least 4 members (excludes halogenated alkanes) is 31. The van der Waals surface area contributed by atoms with Crippen molar-refractivity contribution in [2.45, 2.75) is 283 Å². The van der Waals surface area contributed by atoms with Gasteiger partial charge in [0.15, 0.2) is 0 Å². The third-order valence-corrected chi connectivity index (χ3v) is 11.2. The van der Waals surface area contributed by atoms with E-state index >= 15 is 0 Å². The topological polar surface area (TPSA) is 95.9 Å². The van der Waals surface area contributed by atoms with Gasteiger partial charge in [0.1, 0.15) is 6.10 Å². The van der Waals surface area contributed by atoms with E-state index in [-0.39, 0.29) is 24.9 Å². The predicted molar refractivity (Wildman–Crippen MR) is 227 cm³/mol. The SMILES string of the molecule is CCCCCCCCCCCCCCCCC(O)C(CO)NC(=O)CC(CCCCCCCCCC)OC(=O)CCCCCCCCCCCCCC. The van der Waals surface area contributed by atoms with Crippen LogP contribution in [-0.2, 0) is 14.3 Å². The van der Waals surface area contributed by atoms with Crippen LogP contribution in [0.4, 0.5) is 0 Å². The summed E-state index contributed by atoms with van der Waals surface area (Å²) in [6.45, 7) is 6.47. The van der Waals surface area contributed by atoms with Crippen LogP contribution in [0.25, 0.3) is 0 Å². The molecule has 0 bridgehead atoms. The number of carbonyl (C=O) groups excluding carboxylic acids is 2. The van der Waals surface area contributed by atoms with Crippen LogP contribution >= 0.6 is 0 Å². The van der Waals surface area contributed by atoms with Gasteiger partial charge in [0.25, 0.3) is 0 Å². The molecule has 0 aliphatic heterocycles. The van der Waals surface area contributed by atoms with Gasteiger partial charge in [0.05, 0.1) is 25.2 Å². The van der Waals surface area contributed by atoms with Gasteiger partial charge in [-0.25, -0.2) is 0 Å². The zero-order chi connectivity index (χ0) is 38.9. The number of rotatable bonds is 43. The number of aliphatic hydroxyl groups is 2. The van der Waals surface area contributed by atoms with Gasteiger partial charge in [-0.15, -0.1) is 0 Å². The third-order valence-electron chi connectivity index (χ3n) is 11.2. The summed E-state index contributed by atoms with van der Waals surface area (Å²) in [6, 6.07) is -0.690. The summed E-state index contributed by atoms with van der Waals surface area (Å²) in [5, 5.41) is 23.6. The molecule has 6 heteroatoms. The number of nitrogens with one attached hydrogen (secondary N) is 1. The average molecular weight is 752 g/mol. The summed E-state index contributed by atoms with van der Waals surface area (Å²) in [4.78, 5) is 25.9. The van der Waals surface area contributed by atoms with Crippen LogP contribution in [-0.4, -0.2) is 46.9 Å². The second kappa shape index (κ2) is 42.0. The van der Waals surface area contributed by atoms with E-state index in [1.807, 2.05) is 0 Å². The molecular weight excluding hydrogens is 659 g/mol. The van der Waals surface area contributed by atoms with Gasteiger partial charge in [-0.1, -0.05) is 226 Å². The molecule has 1 amide bonds. The van der Waals surface area contributed by atoms with E-state index in [1.54, 1.807) is 0 Å². The van der Waals surface area contributed by atoms with E-state index in [9.17, 15) is 19.8 Å². The summed E-state index contributed by atoms with van der Waals surface area (Å²) in [5.74, 6) is -0.460. The van der Waals surface area contributed by atoms with Crippen molar-refractivity contribution in [1.29, 1.82) is 0 Å². The van der Waals surface area contributed by atoms with Gasteiger partial charge in [-0.3, -0.25) is 9.59 Å². The Labute approximate surface area is 330 Å². The minimum Gasteiger partial charge on any atom is -0.462 e. The fourth-order valence-electron chi connectivity index (χ4n) is 7.55. The lowest BCUT2D eigenvalue weighted by Crippen LogP contribution is -2.46. The number of hydrogen-bond acceptors (Lipinski definition) is 5. The summed E-state index contributed by atoms with van der Waals surface area (Å²) < 4.78 is 5.89. The number of ether oxygens (including phenoxy) is 1. The van der Waals surface area contributed by atoms with E-state index in [0.717, 1.165) is 44.9 Å². The Hall–Kier alpha value is -1.14. The Morgan fingerprint density at radius 3 is 1.15 bits per heavy atom. The molecule has 0 spiro atoms. The van der Waals surface area contributed by atoms with Crippen LogP contribution in [0, 0.1) is 0 Å². The Morgan fingerprint density at radius 2 is 0.792 bits per heavy atom. The Morgan fingerprint density at radius 1 is 0.472 bits per heavy atom. The first-order chi connectivity index (χ1) is 26.0. The quantitative estimate of drug-likeness (QED) is 0.0426. The van der Waals surface area contributed by atoms with Gasteiger partial charge in [0, 0.05) is 6.42 Å². The van der Waals surface area contributed by atoms with Gasteiger partial charge in [-0.05, 0) is 25.7 Å². The maximum Gasteiger partial charge on any atom is 0.306 e. The molecule has 0 aromatic carbocycles. The Bertz CT molecular complexity index is 761. The lowest BCUT2D eigenvalue weighted by atomic mass is 10.0. The molecule has 0 aliphatic carbocycles.